The number of primary amides is 1. The Kier molecular flexibility index (Phi) is 3.73. The molecule has 0 radical (unpaired) electrons. The number of hydrogen-bond acceptors (Lipinski definition) is 3. The van der Waals surface area contributed by atoms with Crippen LogP contribution in [-0.4, -0.2) is 20.6 Å². The summed E-state index contributed by atoms with van der Waals surface area (Å²) >= 11 is 0. The lowest BCUT2D eigenvalue weighted by Crippen LogP contribution is -2.16. The van der Waals surface area contributed by atoms with Crippen LogP contribution in [0, 0.1) is 13.8 Å². The van der Waals surface area contributed by atoms with E-state index in [-0.39, 0.29) is 0 Å². The van der Waals surface area contributed by atoms with E-state index >= 15 is 0 Å². The van der Waals surface area contributed by atoms with E-state index in [1.54, 1.807) is 12.1 Å². The Balaban J connectivity index is 1.78. The lowest BCUT2D eigenvalue weighted by atomic mass is 10.1. The van der Waals surface area contributed by atoms with Gasteiger partial charge in [0.15, 0.2) is 5.75 Å². The van der Waals surface area contributed by atoms with Crippen LogP contribution in [-0.2, 0) is 0 Å². The second kappa shape index (κ2) is 6.07. The van der Waals surface area contributed by atoms with E-state index in [2.05, 4.69) is 46.6 Å². The molecule has 26 heavy (non-hydrogen) atoms. The second-order valence-electron chi connectivity index (χ2n) is 6.21. The molecule has 2 aromatic carbocycles. The highest BCUT2D eigenvalue weighted by molar-refractivity contribution is 5.87. The van der Waals surface area contributed by atoms with Crippen LogP contribution >= 0.6 is 0 Å². The van der Waals surface area contributed by atoms with Gasteiger partial charge in [-0.2, -0.15) is 0 Å². The van der Waals surface area contributed by atoms with Gasteiger partial charge in [-0.05, 0) is 43.2 Å². The largest absolute Gasteiger partial charge is 0.410 e. The van der Waals surface area contributed by atoms with E-state index in [0.29, 0.717) is 17.1 Å². The standard InChI is InChI=1S/C20H18N4O2/c1-12-5-3-6-13(2)18(12)24-10-9-14(11-24)19-22-15-7-4-8-16(17(15)23-19)26-20(21)25/h3-11H,1-2H3,(H2,21,25)(H,22,23). The summed E-state index contributed by atoms with van der Waals surface area (Å²) in [5.74, 6) is 1.04. The number of imidazole rings is 1. The Bertz CT molecular complexity index is 1100. The fraction of sp³-hybridized carbons (Fsp3) is 0.100. The molecule has 0 atom stereocenters. The number of nitrogens with one attached hydrogen (secondary N) is 1. The Morgan fingerprint density at radius 1 is 1.12 bits per heavy atom. The summed E-state index contributed by atoms with van der Waals surface area (Å²) in [6.45, 7) is 4.19. The Morgan fingerprint density at radius 2 is 1.85 bits per heavy atom. The first-order chi connectivity index (χ1) is 12.5. The fourth-order valence-corrected chi connectivity index (χ4v) is 3.22. The molecule has 0 aliphatic heterocycles. The highest BCUT2D eigenvalue weighted by atomic mass is 16.5. The molecule has 6 heteroatoms. The minimum absolute atomic E-state index is 0.340. The topological polar surface area (TPSA) is 85.9 Å². The predicted octanol–water partition coefficient (Wildman–Crippen LogP) is 4.09. The van der Waals surface area contributed by atoms with Crippen LogP contribution in [0.2, 0.25) is 0 Å². The number of fused-ring (bicyclic) bond motifs is 1. The Labute approximate surface area is 150 Å². The minimum atomic E-state index is -0.858. The number of nitrogens with two attached hydrogens (primary N) is 1. The van der Waals surface area contributed by atoms with Gasteiger partial charge >= 0.3 is 6.09 Å². The molecule has 4 aromatic rings. The quantitative estimate of drug-likeness (QED) is 0.586. The van der Waals surface area contributed by atoms with Crippen molar-refractivity contribution in [3.63, 3.8) is 0 Å². The lowest BCUT2D eigenvalue weighted by Gasteiger charge is -2.10. The maximum absolute atomic E-state index is 11.1. The van der Waals surface area contributed by atoms with E-state index in [4.69, 9.17) is 10.5 Å². The van der Waals surface area contributed by atoms with Crippen molar-refractivity contribution < 1.29 is 9.53 Å². The molecule has 0 aliphatic carbocycles. The zero-order chi connectivity index (χ0) is 18.3. The van der Waals surface area contributed by atoms with Crippen molar-refractivity contribution in [2.75, 3.05) is 0 Å². The molecule has 0 aliphatic rings. The van der Waals surface area contributed by atoms with Crippen molar-refractivity contribution >= 4 is 17.1 Å². The summed E-state index contributed by atoms with van der Waals surface area (Å²) in [6, 6.07) is 13.6. The molecule has 3 N–H and O–H groups in total. The van der Waals surface area contributed by atoms with Gasteiger partial charge < -0.3 is 20.0 Å². The van der Waals surface area contributed by atoms with E-state index < -0.39 is 6.09 Å². The molecule has 2 aromatic heterocycles. The zero-order valence-electron chi connectivity index (χ0n) is 14.5. The number of aryl methyl sites for hydroxylation is 2. The van der Waals surface area contributed by atoms with Gasteiger partial charge in [-0.15, -0.1) is 0 Å². The molecular weight excluding hydrogens is 328 g/mol. The number of rotatable bonds is 3. The summed E-state index contributed by atoms with van der Waals surface area (Å²) in [7, 11) is 0. The third-order valence-corrected chi connectivity index (χ3v) is 4.35. The van der Waals surface area contributed by atoms with Gasteiger partial charge in [-0.3, -0.25) is 0 Å². The number of hydrogen-bond donors (Lipinski definition) is 2. The van der Waals surface area contributed by atoms with Crippen molar-refractivity contribution in [2.45, 2.75) is 13.8 Å². The van der Waals surface area contributed by atoms with Gasteiger partial charge in [0, 0.05) is 18.0 Å². The predicted molar refractivity (Wildman–Crippen MR) is 101 cm³/mol. The first-order valence-electron chi connectivity index (χ1n) is 8.24. The number of aromatic amines is 1. The summed E-state index contributed by atoms with van der Waals surface area (Å²) in [6.07, 6.45) is 3.18. The number of amides is 1. The van der Waals surface area contributed by atoms with Crippen LogP contribution in [0.1, 0.15) is 11.1 Å². The van der Waals surface area contributed by atoms with Gasteiger partial charge in [0.25, 0.3) is 0 Å². The maximum atomic E-state index is 11.1. The molecule has 0 bridgehead atoms. The van der Waals surface area contributed by atoms with Crippen LogP contribution < -0.4 is 10.5 Å². The smallest absolute Gasteiger partial charge is 0.408 e. The zero-order valence-corrected chi connectivity index (χ0v) is 14.5. The van der Waals surface area contributed by atoms with Gasteiger partial charge in [0.2, 0.25) is 0 Å². The number of nitrogens with zero attached hydrogens (tertiary/aromatic N) is 2. The number of carbonyl (C=O) groups excluding carboxylic acids is 1. The van der Waals surface area contributed by atoms with E-state index in [9.17, 15) is 4.79 Å². The molecule has 2 heterocycles. The van der Waals surface area contributed by atoms with Crippen LogP contribution in [0.4, 0.5) is 4.79 Å². The van der Waals surface area contributed by atoms with E-state index in [1.165, 1.54) is 11.1 Å². The molecule has 0 unspecified atom stereocenters. The highest BCUT2D eigenvalue weighted by Gasteiger charge is 2.13. The van der Waals surface area contributed by atoms with Crippen LogP contribution in [0.15, 0.2) is 54.9 Å². The number of H-pyrrole nitrogens is 1. The van der Waals surface area contributed by atoms with Gasteiger partial charge in [-0.1, -0.05) is 24.3 Å². The molecule has 6 nitrogen and oxygen atoms in total. The van der Waals surface area contributed by atoms with Crippen molar-refractivity contribution in [2.24, 2.45) is 5.73 Å². The monoisotopic (exact) mass is 346 g/mol. The number of aromatic nitrogens is 3. The number of ether oxygens (including phenoxy) is 1. The van der Waals surface area contributed by atoms with Crippen LogP contribution in [0.5, 0.6) is 5.75 Å². The highest BCUT2D eigenvalue weighted by Crippen LogP contribution is 2.29. The molecule has 0 saturated heterocycles. The molecule has 0 fully saturated rings. The minimum Gasteiger partial charge on any atom is -0.408 e. The molecule has 1 amide bonds. The van der Waals surface area contributed by atoms with Crippen molar-refractivity contribution in [3.8, 4) is 22.8 Å². The second-order valence-corrected chi connectivity index (χ2v) is 6.21. The fourth-order valence-electron chi connectivity index (χ4n) is 3.22. The van der Waals surface area contributed by atoms with E-state index in [1.807, 2.05) is 24.5 Å². The van der Waals surface area contributed by atoms with Crippen LogP contribution in [0.25, 0.3) is 28.1 Å². The molecular formula is C20H18N4O2. The maximum Gasteiger partial charge on any atom is 0.410 e. The number of para-hydroxylation sites is 2. The van der Waals surface area contributed by atoms with Gasteiger partial charge in [0.05, 0.1) is 11.2 Å². The first-order valence-corrected chi connectivity index (χ1v) is 8.24. The lowest BCUT2D eigenvalue weighted by molar-refractivity contribution is 0.211. The number of carbonyl (C=O) groups is 1. The van der Waals surface area contributed by atoms with Crippen molar-refractivity contribution in [3.05, 3.63) is 66.0 Å². The number of benzene rings is 2. The Morgan fingerprint density at radius 3 is 2.58 bits per heavy atom. The average molecular weight is 346 g/mol. The summed E-state index contributed by atoms with van der Waals surface area (Å²) in [5, 5.41) is 0. The van der Waals surface area contributed by atoms with Crippen LogP contribution in [0.3, 0.4) is 0 Å². The Hall–Kier alpha value is -3.54. The molecule has 130 valence electrons. The van der Waals surface area contributed by atoms with Gasteiger partial charge in [-0.25, -0.2) is 9.78 Å². The van der Waals surface area contributed by atoms with Crippen molar-refractivity contribution in [1.29, 1.82) is 0 Å². The van der Waals surface area contributed by atoms with E-state index in [0.717, 1.165) is 16.8 Å². The first kappa shape index (κ1) is 16.0. The van der Waals surface area contributed by atoms with Gasteiger partial charge in [0.1, 0.15) is 11.3 Å². The third-order valence-electron chi connectivity index (χ3n) is 4.35. The average Bonchev–Trinajstić information content (AvgIpc) is 3.21. The third kappa shape index (κ3) is 2.71. The van der Waals surface area contributed by atoms with Crippen molar-refractivity contribution in [1.82, 2.24) is 14.5 Å². The molecule has 0 saturated carbocycles. The normalized spacial score (nSPS) is 11.0. The SMILES string of the molecule is Cc1cccc(C)c1-n1ccc(-c2nc3c(OC(N)=O)cccc3[nH]2)c1. The summed E-state index contributed by atoms with van der Waals surface area (Å²) in [5.41, 5.74) is 11.0. The summed E-state index contributed by atoms with van der Waals surface area (Å²) in [4.78, 5) is 18.9. The summed E-state index contributed by atoms with van der Waals surface area (Å²) < 4.78 is 7.13. The molecule has 4 rings (SSSR count). The molecule has 0 spiro atoms.